The van der Waals surface area contributed by atoms with E-state index in [9.17, 15) is 9.59 Å². The number of likely N-dealkylation sites (N-methyl/N-ethyl adjacent to an activating group) is 1. The smallest absolute Gasteiger partial charge is 0.267 e. The van der Waals surface area contributed by atoms with Crippen molar-refractivity contribution in [3.05, 3.63) is 80.1 Å². The molecule has 2 aromatic heterocycles. The number of aromatic nitrogens is 2. The Kier molecular flexibility index (Phi) is 5.44. The number of aryl methyl sites for hydroxylation is 2. The van der Waals surface area contributed by atoms with Crippen LogP contribution < -0.4 is 10.9 Å². The molecule has 1 aromatic carbocycles. The van der Waals surface area contributed by atoms with Crippen LogP contribution in [-0.4, -0.2) is 31.6 Å². The van der Waals surface area contributed by atoms with E-state index in [1.54, 1.807) is 19.3 Å². The first-order valence-corrected chi connectivity index (χ1v) is 10.6. The molecule has 8 heteroatoms. The zero-order valence-electron chi connectivity index (χ0n) is 16.8. The number of amides is 1. The summed E-state index contributed by atoms with van der Waals surface area (Å²) in [6.45, 7) is 4.45. The molecular formula is C22H20N4O2S2. The zero-order valence-corrected chi connectivity index (χ0v) is 18.4. The number of hydrogen-bond acceptors (Lipinski definition) is 6. The van der Waals surface area contributed by atoms with Crippen LogP contribution >= 0.6 is 24.0 Å². The maximum Gasteiger partial charge on any atom is 0.267 e. The first kappa shape index (κ1) is 20.3. The fourth-order valence-electron chi connectivity index (χ4n) is 3.09. The number of thiocarbonyl (C=S) groups is 1. The minimum absolute atomic E-state index is 0.219. The largest absolute Gasteiger partial charge is 0.365 e. The van der Waals surface area contributed by atoms with Crippen molar-refractivity contribution in [1.82, 2.24) is 14.3 Å². The first-order chi connectivity index (χ1) is 14.3. The van der Waals surface area contributed by atoms with Crippen LogP contribution in [-0.2, 0) is 11.3 Å². The van der Waals surface area contributed by atoms with Crippen molar-refractivity contribution in [2.45, 2.75) is 20.4 Å². The highest BCUT2D eigenvalue weighted by atomic mass is 32.2. The van der Waals surface area contributed by atoms with Crippen LogP contribution in [0.3, 0.4) is 0 Å². The lowest BCUT2D eigenvalue weighted by atomic mass is 10.1. The molecule has 4 rings (SSSR count). The van der Waals surface area contributed by atoms with E-state index >= 15 is 0 Å². The number of carbonyl (C=O) groups excluding carboxylic acids is 1. The summed E-state index contributed by atoms with van der Waals surface area (Å²) in [7, 11) is 1.63. The van der Waals surface area contributed by atoms with Crippen LogP contribution in [0.2, 0.25) is 0 Å². The van der Waals surface area contributed by atoms with Crippen LogP contribution in [0.15, 0.2) is 52.3 Å². The molecule has 1 amide bonds. The predicted molar refractivity (Wildman–Crippen MR) is 126 cm³/mol. The molecule has 1 fully saturated rings. The molecule has 0 saturated carbocycles. The van der Waals surface area contributed by atoms with Crippen LogP contribution in [0.25, 0.3) is 11.7 Å². The van der Waals surface area contributed by atoms with Gasteiger partial charge in [-0.3, -0.25) is 18.9 Å². The molecule has 6 nitrogen and oxygen atoms in total. The van der Waals surface area contributed by atoms with Gasteiger partial charge in [0.25, 0.3) is 11.5 Å². The summed E-state index contributed by atoms with van der Waals surface area (Å²) >= 11 is 6.39. The number of thioether (sulfide) groups is 1. The van der Waals surface area contributed by atoms with Gasteiger partial charge in [-0.25, -0.2) is 4.98 Å². The third kappa shape index (κ3) is 3.88. The Morgan fingerprint density at radius 1 is 1.10 bits per heavy atom. The highest BCUT2D eigenvalue weighted by molar-refractivity contribution is 8.26. The van der Waals surface area contributed by atoms with Crippen molar-refractivity contribution >= 4 is 51.7 Å². The molecule has 0 aliphatic carbocycles. The number of pyridine rings is 1. The van der Waals surface area contributed by atoms with Gasteiger partial charge in [-0.05, 0) is 37.1 Å². The van der Waals surface area contributed by atoms with Crippen molar-refractivity contribution in [3.8, 4) is 0 Å². The minimum Gasteiger partial charge on any atom is -0.365 e. The summed E-state index contributed by atoms with van der Waals surface area (Å²) in [5, 5.41) is 3.27. The summed E-state index contributed by atoms with van der Waals surface area (Å²) < 4.78 is 1.97. The number of carbonyl (C=O) groups is 1. The first-order valence-electron chi connectivity index (χ1n) is 9.37. The highest BCUT2D eigenvalue weighted by Gasteiger charge is 2.29. The van der Waals surface area contributed by atoms with E-state index in [0.717, 1.165) is 11.1 Å². The number of hydrogen-bond donors (Lipinski definition) is 1. The molecule has 0 radical (unpaired) electrons. The Hall–Kier alpha value is -2.97. The van der Waals surface area contributed by atoms with Crippen molar-refractivity contribution in [2.75, 3.05) is 12.4 Å². The number of rotatable bonds is 4. The summed E-state index contributed by atoms with van der Waals surface area (Å²) in [6.07, 6.45) is 3.33. The summed E-state index contributed by atoms with van der Waals surface area (Å²) in [4.78, 5) is 32.2. The topological polar surface area (TPSA) is 66.7 Å². The maximum atomic E-state index is 13.3. The molecular weight excluding hydrogens is 416 g/mol. The molecule has 3 aromatic rings. The number of anilines is 1. The van der Waals surface area contributed by atoms with E-state index in [-0.39, 0.29) is 11.5 Å². The van der Waals surface area contributed by atoms with Crippen LogP contribution in [0.5, 0.6) is 0 Å². The molecule has 1 aliphatic rings. The van der Waals surface area contributed by atoms with Crippen molar-refractivity contribution in [3.63, 3.8) is 0 Å². The molecule has 0 unspecified atom stereocenters. The number of benzene rings is 1. The summed E-state index contributed by atoms with van der Waals surface area (Å²) in [6, 6.07) is 11.9. The molecule has 1 aliphatic heterocycles. The maximum absolute atomic E-state index is 13.3. The van der Waals surface area contributed by atoms with Gasteiger partial charge >= 0.3 is 0 Å². The lowest BCUT2D eigenvalue weighted by Gasteiger charge is -2.12. The minimum atomic E-state index is -0.239. The Bertz CT molecular complexity index is 1260. The molecule has 0 spiro atoms. The van der Waals surface area contributed by atoms with Gasteiger partial charge in [0.05, 0.1) is 10.5 Å². The van der Waals surface area contributed by atoms with Gasteiger partial charge in [-0.15, -0.1) is 0 Å². The van der Waals surface area contributed by atoms with Crippen molar-refractivity contribution < 1.29 is 4.79 Å². The van der Waals surface area contributed by atoms with Gasteiger partial charge in [-0.1, -0.05) is 59.9 Å². The molecule has 3 heterocycles. The van der Waals surface area contributed by atoms with Crippen molar-refractivity contribution in [2.24, 2.45) is 0 Å². The van der Waals surface area contributed by atoms with Crippen LogP contribution in [0.4, 0.5) is 5.82 Å². The Morgan fingerprint density at radius 3 is 2.47 bits per heavy atom. The van der Waals surface area contributed by atoms with Gasteiger partial charge in [0.1, 0.15) is 15.8 Å². The van der Waals surface area contributed by atoms with E-state index in [0.29, 0.717) is 32.8 Å². The van der Waals surface area contributed by atoms with E-state index in [1.165, 1.54) is 26.6 Å². The quantitative estimate of drug-likeness (QED) is 0.496. The third-order valence-corrected chi connectivity index (χ3v) is 6.33. The predicted octanol–water partition coefficient (Wildman–Crippen LogP) is 3.75. The van der Waals surface area contributed by atoms with Crippen LogP contribution in [0.1, 0.15) is 22.3 Å². The number of nitrogens with one attached hydrogen (secondary N) is 1. The van der Waals surface area contributed by atoms with Gasteiger partial charge < -0.3 is 5.32 Å². The lowest BCUT2D eigenvalue weighted by molar-refractivity contribution is -0.121. The molecule has 30 heavy (non-hydrogen) atoms. The number of nitrogens with zero attached hydrogens (tertiary/aromatic N) is 3. The van der Waals surface area contributed by atoms with Crippen LogP contribution in [0, 0.1) is 13.8 Å². The fraction of sp³-hybridized carbons (Fsp3) is 0.182. The molecule has 1 N–H and O–H groups in total. The lowest BCUT2D eigenvalue weighted by Crippen LogP contribution is -2.23. The summed E-state index contributed by atoms with van der Waals surface area (Å²) in [5.74, 6) is 0.217. The van der Waals surface area contributed by atoms with E-state index in [1.807, 2.05) is 50.2 Å². The Balaban J connectivity index is 1.81. The van der Waals surface area contributed by atoms with Crippen molar-refractivity contribution in [1.29, 1.82) is 0 Å². The zero-order chi connectivity index (χ0) is 21.4. The molecule has 152 valence electrons. The normalized spacial score (nSPS) is 15.4. The Morgan fingerprint density at radius 2 is 1.80 bits per heavy atom. The average Bonchev–Trinajstić information content (AvgIpc) is 2.97. The molecule has 0 atom stereocenters. The molecule has 0 bridgehead atoms. The number of fused-ring (bicyclic) bond motifs is 1. The molecule has 1 saturated heterocycles. The van der Waals surface area contributed by atoms with Gasteiger partial charge in [0.15, 0.2) is 0 Å². The van der Waals surface area contributed by atoms with Gasteiger partial charge in [0, 0.05) is 19.8 Å². The Labute approximate surface area is 183 Å². The SMILES string of the molecule is Cc1ccc(CNc2nc3ccc(C)cn3c(=O)c2/C=C2/SC(=S)N(C)C2=O)cc1. The fourth-order valence-corrected chi connectivity index (χ4v) is 4.25. The summed E-state index contributed by atoms with van der Waals surface area (Å²) in [5.41, 5.74) is 3.82. The van der Waals surface area contributed by atoms with E-state index in [2.05, 4.69) is 10.3 Å². The monoisotopic (exact) mass is 436 g/mol. The van der Waals surface area contributed by atoms with E-state index in [4.69, 9.17) is 12.2 Å². The third-order valence-electron chi connectivity index (χ3n) is 4.85. The average molecular weight is 437 g/mol. The standard InChI is InChI=1S/C22H20N4O2S2/c1-13-4-7-15(8-5-13)11-23-19-16(10-17-21(28)25(3)22(29)30-17)20(27)26-12-14(2)6-9-18(26)24-19/h4-10,12,23H,11H2,1-3H3/b17-10+. The van der Waals surface area contributed by atoms with Gasteiger partial charge in [0.2, 0.25) is 0 Å². The second-order valence-corrected chi connectivity index (χ2v) is 8.87. The van der Waals surface area contributed by atoms with E-state index < -0.39 is 0 Å². The van der Waals surface area contributed by atoms with Gasteiger partial charge in [-0.2, -0.15) is 0 Å². The highest BCUT2D eigenvalue weighted by Crippen LogP contribution is 2.31. The second-order valence-electron chi connectivity index (χ2n) is 7.19. The second kappa shape index (κ2) is 8.04.